The third-order valence-corrected chi connectivity index (χ3v) is 9.35. The van der Waals surface area contributed by atoms with Crippen LogP contribution in [0.1, 0.15) is 85.4 Å². The molecule has 38 heavy (non-hydrogen) atoms. The average molecular weight is 534 g/mol. The van der Waals surface area contributed by atoms with E-state index in [-0.39, 0.29) is 17.6 Å². The van der Waals surface area contributed by atoms with Crippen molar-refractivity contribution in [3.8, 4) is 22.1 Å². The molecule has 202 valence electrons. The first kappa shape index (κ1) is 26.7. The van der Waals surface area contributed by atoms with Crippen molar-refractivity contribution in [2.75, 3.05) is 12.4 Å². The zero-order valence-electron chi connectivity index (χ0n) is 22.8. The van der Waals surface area contributed by atoms with E-state index in [0.29, 0.717) is 16.8 Å². The minimum Gasteiger partial charge on any atom is -0.507 e. The zero-order valence-corrected chi connectivity index (χ0v) is 23.6. The van der Waals surface area contributed by atoms with Crippen LogP contribution in [0.2, 0.25) is 0 Å². The molecule has 5 rings (SSSR count). The number of carbonyl (C=O) groups is 1. The summed E-state index contributed by atoms with van der Waals surface area (Å²) in [7, 11) is 1.72. The molecule has 0 bridgehead atoms. The zero-order chi connectivity index (χ0) is 26.6. The smallest absolute Gasteiger partial charge is 0.227 e. The Morgan fingerprint density at radius 1 is 1.03 bits per heavy atom. The molecule has 2 aliphatic rings. The highest BCUT2D eigenvalue weighted by Gasteiger charge is 2.28. The van der Waals surface area contributed by atoms with E-state index in [4.69, 9.17) is 4.74 Å². The van der Waals surface area contributed by atoms with Crippen LogP contribution in [0.25, 0.3) is 10.6 Å². The predicted molar refractivity (Wildman–Crippen MR) is 153 cm³/mol. The van der Waals surface area contributed by atoms with Gasteiger partial charge in [-0.15, -0.1) is 10.2 Å². The van der Waals surface area contributed by atoms with Crippen molar-refractivity contribution >= 4 is 22.9 Å². The molecule has 1 amide bonds. The average Bonchev–Trinajstić information content (AvgIpc) is 3.36. The van der Waals surface area contributed by atoms with Gasteiger partial charge in [-0.05, 0) is 106 Å². The number of carbonyl (C=O) groups excluding carboxylic acids is 1. The second kappa shape index (κ2) is 11.9. The Kier molecular flexibility index (Phi) is 8.32. The molecule has 0 aliphatic heterocycles. The molecule has 1 aromatic heterocycles. The Labute approximate surface area is 229 Å². The van der Waals surface area contributed by atoms with Gasteiger partial charge in [0.05, 0.1) is 12.7 Å². The van der Waals surface area contributed by atoms with Gasteiger partial charge in [0.2, 0.25) is 5.91 Å². The molecule has 0 atom stereocenters. The Hall–Kier alpha value is -2.93. The summed E-state index contributed by atoms with van der Waals surface area (Å²) in [6, 6.07) is 10.1. The first-order chi connectivity index (χ1) is 18.4. The van der Waals surface area contributed by atoms with Gasteiger partial charge in [0.25, 0.3) is 0 Å². The highest BCUT2D eigenvalue weighted by atomic mass is 32.1. The first-order valence-electron chi connectivity index (χ1n) is 14.0. The first-order valence-corrected chi connectivity index (χ1v) is 14.8. The Morgan fingerprint density at radius 3 is 2.45 bits per heavy atom. The second-order valence-corrected chi connectivity index (χ2v) is 12.3. The van der Waals surface area contributed by atoms with Gasteiger partial charge in [0, 0.05) is 11.6 Å². The molecule has 0 radical (unpaired) electrons. The summed E-state index contributed by atoms with van der Waals surface area (Å²) >= 11 is 1.48. The molecule has 2 fully saturated rings. The van der Waals surface area contributed by atoms with Crippen LogP contribution in [0.4, 0.5) is 5.69 Å². The van der Waals surface area contributed by atoms with E-state index in [0.717, 1.165) is 85.4 Å². The van der Waals surface area contributed by atoms with E-state index in [9.17, 15) is 9.90 Å². The van der Waals surface area contributed by atoms with Crippen LogP contribution in [-0.2, 0) is 11.2 Å². The number of phenolic OH excluding ortho intramolecular Hbond substituents is 1. The summed E-state index contributed by atoms with van der Waals surface area (Å²) in [6.07, 6.45) is 10.6. The topological polar surface area (TPSA) is 84.3 Å². The summed E-state index contributed by atoms with van der Waals surface area (Å²) in [5, 5.41) is 24.4. The molecule has 2 aromatic carbocycles. The van der Waals surface area contributed by atoms with E-state index < -0.39 is 0 Å². The number of nitrogens with zero attached hydrogens (tertiary/aromatic N) is 2. The third kappa shape index (κ3) is 5.88. The summed E-state index contributed by atoms with van der Waals surface area (Å²) in [4.78, 5) is 13.2. The summed E-state index contributed by atoms with van der Waals surface area (Å²) in [6.45, 7) is 4.03. The van der Waals surface area contributed by atoms with Crippen molar-refractivity contribution in [3.63, 3.8) is 0 Å². The minimum atomic E-state index is 0.0704. The molecule has 3 aromatic rings. The van der Waals surface area contributed by atoms with Gasteiger partial charge >= 0.3 is 0 Å². The molecule has 0 saturated heterocycles. The van der Waals surface area contributed by atoms with Crippen molar-refractivity contribution in [1.29, 1.82) is 0 Å². The van der Waals surface area contributed by atoms with Gasteiger partial charge in [-0.2, -0.15) is 0 Å². The number of methoxy groups -OCH3 is 1. The number of nitrogens with one attached hydrogen (secondary N) is 1. The van der Waals surface area contributed by atoms with Crippen LogP contribution in [-0.4, -0.2) is 28.3 Å². The van der Waals surface area contributed by atoms with Gasteiger partial charge in [-0.3, -0.25) is 4.79 Å². The third-order valence-electron chi connectivity index (χ3n) is 8.49. The lowest BCUT2D eigenvalue weighted by Crippen LogP contribution is -2.25. The van der Waals surface area contributed by atoms with Crippen LogP contribution in [0.3, 0.4) is 0 Å². The molecule has 0 spiro atoms. The number of aromatic nitrogens is 2. The fourth-order valence-corrected chi connectivity index (χ4v) is 7.12. The minimum absolute atomic E-state index is 0.0704. The molecule has 1 heterocycles. The van der Waals surface area contributed by atoms with E-state index in [1.54, 1.807) is 13.2 Å². The van der Waals surface area contributed by atoms with Crippen molar-refractivity contribution < 1.29 is 14.6 Å². The van der Waals surface area contributed by atoms with Crippen LogP contribution in [0, 0.1) is 25.7 Å². The Bertz CT molecular complexity index is 1270. The number of rotatable bonds is 7. The number of ether oxygens (including phenoxy) is 1. The Balaban J connectivity index is 1.37. The van der Waals surface area contributed by atoms with E-state index >= 15 is 0 Å². The van der Waals surface area contributed by atoms with E-state index in [1.165, 1.54) is 28.9 Å². The number of aromatic hydroxyl groups is 1. The standard InChI is InChI=1S/C31H39N3O3S/c1-19-17-24(13-16-28(19)37-3)22-11-9-21(10-12-22)18-25-26(32-30(36)23-7-5-4-6-8-23)14-15-27(35)29(25)31-34-33-20(2)38-31/h13-17,21-23,35H,4-12,18H2,1-3H3,(H,32,36). The number of hydrogen-bond donors (Lipinski definition) is 2. The quantitative estimate of drug-likeness (QED) is 0.306. The second-order valence-electron chi connectivity index (χ2n) is 11.1. The molecular formula is C31H39N3O3S. The van der Waals surface area contributed by atoms with Crippen molar-refractivity contribution in [3.05, 3.63) is 52.0 Å². The van der Waals surface area contributed by atoms with Gasteiger partial charge in [0.15, 0.2) is 5.01 Å². The highest BCUT2D eigenvalue weighted by molar-refractivity contribution is 7.14. The lowest BCUT2D eigenvalue weighted by atomic mass is 9.76. The molecular weight excluding hydrogens is 494 g/mol. The summed E-state index contributed by atoms with van der Waals surface area (Å²) in [5.74, 6) is 2.35. The molecule has 7 heteroatoms. The van der Waals surface area contributed by atoms with E-state index in [1.807, 2.05) is 13.0 Å². The lowest BCUT2D eigenvalue weighted by molar-refractivity contribution is -0.120. The van der Waals surface area contributed by atoms with Crippen LogP contribution >= 0.6 is 11.3 Å². The maximum Gasteiger partial charge on any atom is 0.227 e. The van der Waals surface area contributed by atoms with Gasteiger partial charge < -0.3 is 15.2 Å². The highest BCUT2D eigenvalue weighted by Crippen LogP contribution is 2.44. The van der Waals surface area contributed by atoms with Gasteiger partial charge in [0.1, 0.15) is 16.5 Å². The SMILES string of the molecule is COc1ccc(C2CCC(Cc3c(NC(=O)C4CCCCC4)ccc(O)c3-c3nnc(C)s3)CC2)cc1C. The molecule has 0 unspecified atom stereocenters. The maximum absolute atomic E-state index is 13.2. The van der Waals surface area contributed by atoms with Crippen LogP contribution in [0.5, 0.6) is 11.5 Å². The monoisotopic (exact) mass is 533 g/mol. The summed E-state index contributed by atoms with van der Waals surface area (Å²) in [5.41, 5.74) is 5.11. The fourth-order valence-electron chi connectivity index (χ4n) is 6.34. The fraction of sp³-hybridized carbons (Fsp3) is 0.516. The van der Waals surface area contributed by atoms with Crippen LogP contribution < -0.4 is 10.1 Å². The molecule has 2 N–H and O–H groups in total. The number of aryl methyl sites for hydroxylation is 2. The van der Waals surface area contributed by atoms with Crippen LogP contribution in [0.15, 0.2) is 30.3 Å². The summed E-state index contributed by atoms with van der Waals surface area (Å²) < 4.78 is 5.45. The number of amides is 1. The number of benzene rings is 2. The van der Waals surface area contributed by atoms with Crippen molar-refractivity contribution in [1.82, 2.24) is 10.2 Å². The largest absolute Gasteiger partial charge is 0.507 e. The Morgan fingerprint density at radius 2 is 1.79 bits per heavy atom. The van der Waals surface area contributed by atoms with Gasteiger partial charge in [-0.25, -0.2) is 0 Å². The van der Waals surface area contributed by atoms with Crippen molar-refractivity contribution in [2.24, 2.45) is 11.8 Å². The van der Waals surface area contributed by atoms with E-state index in [2.05, 4.69) is 40.6 Å². The number of phenols is 1. The molecule has 2 aliphatic carbocycles. The number of anilines is 1. The number of hydrogen-bond acceptors (Lipinski definition) is 6. The van der Waals surface area contributed by atoms with Gasteiger partial charge in [-0.1, -0.05) is 42.7 Å². The normalized spacial score (nSPS) is 20.3. The lowest BCUT2D eigenvalue weighted by Gasteiger charge is -2.30. The molecule has 6 nitrogen and oxygen atoms in total. The molecule has 2 saturated carbocycles. The predicted octanol–water partition coefficient (Wildman–Crippen LogP) is 7.57. The maximum atomic E-state index is 13.2. The van der Waals surface area contributed by atoms with Crippen molar-refractivity contribution in [2.45, 2.75) is 84.0 Å².